The quantitative estimate of drug-likeness (QED) is 0.782. The molecule has 0 radical (unpaired) electrons. The molecule has 0 spiro atoms. The molecule has 0 unspecified atom stereocenters. The van der Waals surface area contributed by atoms with Crippen LogP contribution in [0.4, 0.5) is 5.69 Å². The molecule has 1 heterocycles. The van der Waals surface area contributed by atoms with Crippen molar-refractivity contribution >= 4 is 31.6 Å². The highest BCUT2D eigenvalue weighted by Gasteiger charge is 2.50. The number of rotatable bonds is 5. The summed E-state index contributed by atoms with van der Waals surface area (Å²) in [5.41, 5.74) is -0.522. The van der Waals surface area contributed by atoms with E-state index in [1.165, 1.54) is 24.3 Å². The van der Waals surface area contributed by atoms with Crippen molar-refractivity contribution in [1.82, 2.24) is 4.72 Å². The summed E-state index contributed by atoms with van der Waals surface area (Å²) >= 11 is 0. The van der Waals surface area contributed by atoms with Gasteiger partial charge >= 0.3 is 0 Å². The van der Waals surface area contributed by atoms with Crippen molar-refractivity contribution in [3.63, 3.8) is 0 Å². The minimum Gasteiger partial charge on any atom is -0.273 e. The molecule has 132 valence electrons. The molecule has 1 saturated heterocycles. The summed E-state index contributed by atoms with van der Waals surface area (Å²) in [7, 11) is -7.50. The molecule has 1 aromatic carbocycles. The van der Waals surface area contributed by atoms with E-state index in [2.05, 4.69) is 11.3 Å². The third-order valence-corrected chi connectivity index (χ3v) is 7.29. The molecule has 0 aromatic heterocycles. The van der Waals surface area contributed by atoms with E-state index in [0.717, 1.165) is 4.31 Å². The maximum Gasteiger partial charge on any atom is 0.247 e. The van der Waals surface area contributed by atoms with E-state index in [-0.39, 0.29) is 22.9 Å². The number of nitrogens with zero attached hydrogens (tertiary/aromatic N) is 1. The Morgan fingerprint density at radius 3 is 2.46 bits per heavy atom. The number of amides is 1. The molecule has 1 fully saturated rings. The fourth-order valence-corrected chi connectivity index (χ4v) is 5.89. The monoisotopic (exact) mass is 372 g/mol. The van der Waals surface area contributed by atoms with Crippen LogP contribution >= 0.6 is 0 Å². The number of aryl methyl sites for hydroxylation is 1. The molecular weight excluding hydrogens is 352 g/mol. The van der Waals surface area contributed by atoms with Crippen molar-refractivity contribution in [1.29, 1.82) is 0 Å². The Balaban J connectivity index is 2.48. The first-order valence-electron chi connectivity index (χ1n) is 7.21. The van der Waals surface area contributed by atoms with Gasteiger partial charge in [-0.25, -0.2) is 25.9 Å². The molecule has 1 aliphatic heterocycles. The van der Waals surface area contributed by atoms with Gasteiger partial charge in [0.25, 0.3) is 0 Å². The predicted octanol–water partition coefficient (Wildman–Crippen LogP) is 1.16. The Kier molecular flexibility index (Phi) is 4.64. The van der Waals surface area contributed by atoms with Crippen LogP contribution in [0.1, 0.15) is 19.4 Å². The van der Waals surface area contributed by atoms with Crippen LogP contribution in [0.3, 0.4) is 0 Å². The smallest absolute Gasteiger partial charge is 0.247 e. The Bertz CT molecular complexity index is 902. The van der Waals surface area contributed by atoms with Gasteiger partial charge in [0.15, 0.2) is 0 Å². The van der Waals surface area contributed by atoms with Gasteiger partial charge < -0.3 is 0 Å². The van der Waals surface area contributed by atoms with Crippen LogP contribution in [-0.4, -0.2) is 35.0 Å². The number of hydrogen-bond donors (Lipinski definition) is 1. The first kappa shape index (κ1) is 18.6. The summed E-state index contributed by atoms with van der Waals surface area (Å²) < 4.78 is 52.0. The molecule has 0 aliphatic carbocycles. The molecule has 1 aromatic rings. The lowest BCUT2D eigenvalue weighted by Crippen LogP contribution is -2.33. The summed E-state index contributed by atoms with van der Waals surface area (Å²) in [5.74, 6) is -0.805. The van der Waals surface area contributed by atoms with E-state index in [0.29, 0.717) is 5.56 Å². The summed E-state index contributed by atoms with van der Waals surface area (Å²) in [6.07, 6.45) is 1.42. The van der Waals surface area contributed by atoms with Gasteiger partial charge in [-0.2, -0.15) is 0 Å². The van der Waals surface area contributed by atoms with Crippen molar-refractivity contribution in [3.8, 4) is 0 Å². The van der Waals surface area contributed by atoms with Crippen LogP contribution in [0.2, 0.25) is 0 Å². The minimum atomic E-state index is -3.77. The first-order chi connectivity index (χ1) is 10.9. The zero-order chi connectivity index (χ0) is 18.3. The molecule has 24 heavy (non-hydrogen) atoms. The average Bonchev–Trinajstić information content (AvgIpc) is 2.60. The Morgan fingerprint density at radius 1 is 1.38 bits per heavy atom. The second kappa shape index (κ2) is 5.98. The largest absolute Gasteiger partial charge is 0.273 e. The Labute approximate surface area is 142 Å². The van der Waals surface area contributed by atoms with Gasteiger partial charge in [0.05, 0.1) is 21.8 Å². The fourth-order valence-electron chi connectivity index (χ4n) is 2.57. The maximum atomic E-state index is 12.4. The van der Waals surface area contributed by atoms with E-state index in [9.17, 15) is 21.6 Å². The zero-order valence-electron chi connectivity index (χ0n) is 13.7. The van der Waals surface area contributed by atoms with Crippen molar-refractivity contribution in [2.24, 2.45) is 5.41 Å². The van der Waals surface area contributed by atoms with Crippen molar-refractivity contribution in [2.45, 2.75) is 25.7 Å². The molecule has 0 saturated carbocycles. The topological polar surface area (TPSA) is 101 Å². The van der Waals surface area contributed by atoms with Crippen molar-refractivity contribution in [2.75, 3.05) is 16.6 Å². The van der Waals surface area contributed by atoms with Gasteiger partial charge in [-0.15, -0.1) is 6.58 Å². The number of hydrogen-bond acceptors (Lipinski definition) is 5. The Morgan fingerprint density at radius 2 is 2.00 bits per heavy atom. The lowest BCUT2D eigenvalue weighted by Gasteiger charge is -2.19. The van der Waals surface area contributed by atoms with Crippen molar-refractivity contribution in [3.05, 3.63) is 36.4 Å². The lowest BCUT2D eigenvalue weighted by molar-refractivity contribution is -0.123. The predicted molar refractivity (Wildman–Crippen MR) is 91.6 cm³/mol. The van der Waals surface area contributed by atoms with Gasteiger partial charge in [0.2, 0.25) is 26.0 Å². The molecule has 0 atom stereocenters. The van der Waals surface area contributed by atoms with E-state index in [4.69, 9.17) is 0 Å². The number of benzene rings is 1. The van der Waals surface area contributed by atoms with E-state index < -0.39 is 31.4 Å². The standard InChI is InChI=1S/C15H20N2O5S2/c1-5-8-16-24(21,22)13-7-6-12(9-11(13)2)17-14(18)15(3,4)10-23(17,19)20/h5-7,9,16H,1,8,10H2,2-4H3. The highest BCUT2D eigenvalue weighted by atomic mass is 32.2. The summed E-state index contributed by atoms with van der Waals surface area (Å²) in [4.78, 5) is 12.4. The SMILES string of the molecule is C=CCNS(=O)(=O)c1ccc(N2C(=O)C(C)(C)CS2(=O)=O)cc1C. The fraction of sp³-hybridized carbons (Fsp3) is 0.400. The number of nitrogens with one attached hydrogen (secondary N) is 1. The molecular formula is C15H20N2O5S2. The van der Waals surface area contributed by atoms with Crippen LogP contribution in [0.25, 0.3) is 0 Å². The van der Waals surface area contributed by atoms with Crippen LogP contribution < -0.4 is 9.03 Å². The van der Waals surface area contributed by atoms with Crippen LogP contribution in [0.5, 0.6) is 0 Å². The molecule has 9 heteroatoms. The van der Waals surface area contributed by atoms with Crippen LogP contribution in [-0.2, 0) is 24.8 Å². The van der Waals surface area contributed by atoms with Gasteiger partial charge in [0.1, 0.15) is 0 Å². The molecule has 2 rings (SSSR count). The lowest BCUT2D eigenvalue weighted by atomic mass is 9.95. The second-order valence-electron chi connectivity index (χ2n) is 6.30. The van der Waals surface area contributed by atoms with Crippen LogP contribution in [0.15, 0.2) is 35.7 Å². The average molecular weight is 372 g/mol. The highest BCUT2D eigenvalue weighted by molar-refractivity contribution is 7.94. The summed E-state index contributed by atoms with van der Waals surface area (Å²) in [6, 6.07) is 4.01. The minimum absolute atomic E-state index is 0.0244. The normalized spacial score (nSPS) is 19.5. The second-order valence-corrected chi connectivity index (χ2v) is 9.85. The third kappa shape index (κ3) is 3.24. The molecule has 1 aliphatic rings. The van der Waals surface area contributed by atoms with Gasteiger partial charge in [-0.3, -0.25) is 4.79 Å². The number of carbonyl (C=O) groups is 1. The third-order valence-electron chi connectivity index (χ3n) is 3.69. The van der Waals surface area contributed by atoms with Crippen molar-refractivity contribution < 1.29 is 21.6 Å². The number of carbonyl (C=O) groups excluding carboxylic acids is 1. The first-order valence-corrected chi connectivity index (χ1v) is 10.3. The number of anilines is 1. The highest BCUT2D eigenvalue weighted by Crippen LogP contribution is 2.36. The van der Waals surface area contributed by atoms with Crippen LogP contribution in [0, 0.1) is 12.3 Å². The summed E-state index contributed by atoms with van der Waals surface area (Å²) in [6.45, 7) is 8.21. The van der Waals surface area contributed by atoms with Gasteiger partial charge in [-0.1, -0.05) is 6.08 Å². The molecule has 7 nitrogen and oxygen atoms in total. The molecule has 1 amide bonds. The molecule has 0 bridgehead atoms. The number of sulfonamides is 2. The van der Waals surface area contributed by atoms with E-state index >= 15 is 0 Å². The maximum absolute atomic E-state index is 12.4. The van der Waals surface area contributed by atoms with Gasteiger partial charge in [-0.05, 0) is 44.5 Å². The van der Waals surface area contributed by atoms with Gasteiger partial charge in [0, 0.05) is 6.54 Å². The molecule has 1 N–H and O–H groups in total. The van der Waals surface area contributed by atoms with E-state index in [1.54, 1.807) is 20.8 Å². The zero-order valence-corrected chi connectivity index (χ0v) is 15.4. The van der Waals surface area contributed by atoms with E-state index in [1.807, 2.05) is 0 Å². The summed E-state index contributed by atoms with van der Waals surface area (Å²) in [5, 5.41) is 0. The Hall–Kier alpha value is -1.71.